The van der Waals surface area contributed by atoms with Gasteiger partial charge in [0.15, 0.2) is 5.65 Å². The molecule has 0 saturated carbocycles. The van der Waals surface area contributed by atoms with Gasteiger partial charge in [-0.05, 0) is 19.9 Å². The summed E-state index contributed by atoms with van der Waals surface area (Å²) in [5.41, 5.74) is 2.64. The highest BCUT2D eigenvalue weighted by atomic mass is 19.1. The van der Waals surface area contributed by atoms with E-state index in [4.69, 9.17) is 0 Å². The summed E-state index contributed by atoms with van der Waals surface area (Å²) in [6.45, 7) is 3.54. The summed E-state index contributed by atoms with van der Waals surface area (Å²) in [4.78, 5) is 16.2. The molecule has 0 atom stereocenters. The third kappa shape index (κ3) is 1.74. The quantitative estimate of drug-likeness (QED) is 0.728. The Labute approximate surface area is 108 Å². The summed E-state index contributed by atoms with van der Waals surface area (Å²) in [7, 11) is 0. The number of aromatic amines is 1. The number of nitrogens with zero attached hydrogens (tertiary/aromatic N) is 2. The fraction of sp³-hybridized carbons (Fsp3) is 0.143. The Kier molecular flexibility index (Phi) is 2.48. The molecule has 5 heteroatoms. The van der Waals surface area contributed by atoms with Crippen LogP contribution in [0.15, 0.2) is 35.1 Å². The van der Waals surface area contributed by atoms with Crippen LogP contribution >= 0.6 is 0 Å². The van der Waals surface area contributed by atoms with Crippen LogP contribution in [-0.4, -0.2) is 14.6 Å². The molecular weight excluding hydrogens is 245 g/mol. The number of hydrogen-bond donors (Lipinski definition) is 1. The molecule has 19 heavy (non-hydrogen) atoms. The van der Waals surface area contributed by atoms with E-state index < -0.39 is 0 Å². The maximum absolute atomic E-state index is 13.9. The summed E-state index contributed by atoms with van der Waals surface area (Å²) in [6.07, 6.45) is 0. The second-order valence-corrected chi connectivity index (χ2v) is 4.49. The highest BCUT2D eigenvalue weighted by Gasteiger charge is 2.16. The molecule has 0 unspecified atom stereocenters. The Balaban J connectivity index is 2.45. The van der Waals surface area contributed by atoms with Crippen molar-refractivity contribution in [3.8, 4) is 11.1 Å². The molecule has 1 N–H and O–H groups in total. The van der Waals surface area contributed by atoms with Crippen molar-refractivity contribution in [2.75, 3.05) is 0 Å². The van der Waals surface area contributed by atoms with Gasteiger partial charge in [-0.25, -0.2) is 13.9 Å². The van der Waals surface area contributed by atoms with Crippen LogP contribution in [0.5, 0.6) is 0 Å². The first-order valence-electron chi connectivity index (χ1n) is 5.92. The lowest BCUT2D eigenvalue weighted by atomic mass is 10.1. The van der Waals surface area contributed by atoms with Crippen molar-refractivity contribution in [1.29, 1.82) is 0 Å². The number of rotatable bonds is 1. The van der Waals surface area contributed by atoms with Crippen molar-refractivity contribution >= 4 is 5.65 Å². The molecule has 0 aliphatic heterocycles. The fourth-order valence-electron chi connectivity index (χ4n) is 2.25. The number of fused-ring (bicyclic) bond motifs is 1. The highest BCUT2D eigenvalue weighted by Crippen LogP contribution is 2.28. The minimum atomic E-state index is -0.331. The van der Waals surface area contributed by atoms with Crippen molar-refractivity contribution < 1.29 is 4.39 Å². The minimum absolute atomic E-state index is 0.201. The van der Waals surface area contributed by atoms with Crippen LogP contribution in [0.2, 0.25) is 0 Å². The standard InChI is InChI=1S/C14H12FN3O/c1-8-7-12(19)18-14(16-8)13(9(2)17-18)10-5-3-4-6-11(10)15/h3-7,17H,1-2H3. The van der Waals surface area contributed by atoms with E-state index in [9.17, 15) is 9.18 Å². The van der Waals surface area contributed by atoms with E-state index in [2.05, 4.69) is 10.1 Å². The summed E-state index contributed by atoms with van der Waals surface area (Å²) in [6, 6.07) is 7.91. The molecule has 2 aromatic heterocycles. The molecule has 0 amide bonds. The monoisotopic (exact) mass is 257 g/mol. The lowest BCUT2D eigenvalue weighted by molar-refractivity contribution is 0.631. The average molecular weight is 257 g/mol. The Morgan fingerprint density at radius 1 is 1.26 bits per heavy atom. The van der Waals surface area contributed by atoms with Crippen LogP contribution in [0.1, 0.15) is 11.4 Å². The smallest absolute Gasteiger partial charge is 0.272 e. The largest absolute Gasteiger partial charge is 0.293 e. The lowest BCUT2D eigenvalue weighted by Crippen LogP contribution is -2.14. The average Bonchev–Trinajstić information content (AvgIpc) is 2.67. The van der Waals surface area contributed by atoms with Gasteiger partial charge >= 0.3 is 0 Å². The van der Waals surface area contributed by atoms with Crippen molar-refractivity contribution in [1.82, 2.24) is 14.6 Å². The third-order valence-corrected chi connectivity index (χ3v) is 3.07. The summed E-state index contributed by atoms with van der Waals surface area (Å²) < 4.78 is 15.3. The van der Waals surface area contributed by atoms with Gasteiger partial charge in [-0.3, -0.25) is 9.89 Å². The van der Waals surface area contributed by atoms with Crippen LogP contribution in [0.25, 0.3) is 16.8 Å². The van der Waals surface area contributed by atoms with Gasteiger partial charge in [0, 0.05) is 28.6 Å². The minimum Gasteiger partial charge on any atom is -0.293 e. The van der Waals surface area contributed by atoms with Crippen LogP contribution in [0.3, 0.4) is 0 Å². The van der Waals surface area contributed by atoms with Gasteiger partial charge in [0.1, 0.15) is 5.82 Å². The zero-order valence-corrected chi connectivity index (χ0v) is 10.6. The maximum atomic E-state index is 13.9. The van der Waals surface area contributed by atoms with Gasteiger partial charge < -0.3 is 0 Å². The van der Waals surface area contributed by atoms with Gasteiger partial charge in [0.05, 0.1) is 0 Å². The number of hydrogen-bond acceptors (Lipinski definition) is 2. The Morgan fingerprint density at radius 3 is 2.74 bits per heavy atom. The topological polar surface area (TPSA) is 50.2 Å². The van der Waals surface area contributed by atoms with E-state index in [1.165, 1.54) is 16.6 Å². The van der Waals surface area contributed by atoms with E-state index >= 15 is 0 Å². The molecule has 0 spiro atoms. The van der Waals surface area contributed by atoms with Crippen molar-refractivity contribution in [3.05, 3.63) is 57.9 Å². The zero-order valence-electron chi connectivity index (χ0n) is 10.6. The Morgan fingerprint density at radius 2 is 2.00 bits per heavy atom. The van der Waals surface area contributed by atoms with Crippen molar-refractivity contribution in [2.24, 2.45) is 0 Å². The highest BCUT2D eigenvalue weighted by molar-refractivity contribution is 5.80. The number of aryl methyl sites for hydroxylation is 2. The molecule has 96 valence electrons. The van der Waals surface area contributed by atoms with E-state index in [1.54, 1.807) is 32.0 Å². The number of aromatic nitrogens is 3. The lowest BCUT2D eigenvalue weighted by Gasteiger charge is -2.02. The van der Waals surface area contributed by atoms with E-state index in [0.29, 0.717) is 28.2 Å². The molecule has 2 heterocycles. The maximum Gasteiger partial charge on any atom is 0.272 e. The van der Waals surface area contributed by atoms with Crippen LogP contribution in [-0.2, 0) is 0 Å². The van der Waals surface area contributed by atoms with Gasteiger partial charge in [-0.2, -0.15) is 0 Å². The third-order valence-electron chi connectivity index (χ3n) is 3.07. The molecule has 1 aromatic carbocycles. The first-order valence-corrected chi connectivity index (χ1v) is 5.92. The van der Waals surface area contributed by atoms with E-state index in [-0.39, 0.29) is 11.4 Å². The first kappa shape index (κ1) is 11.6. The van der Waals surface area contributed by atoms with Gasteiger partial charge in [0.2, 0.25) is 0 Å². The number of H-pyrrole nitrogens is 1. The summed E-state index contributed by atoms with van der Waals surface area (Å²) in [5, 5.41) is 2.92. The van der Waals surface area contributed by atoms with Crippen molar-refractivity contribution in [3.63, 3.8) is 0 Å². The molecule has 0 bridgehead atoms. The van der Waals surface area contributed by atoms with Gasteiger partial charge in [-0.15, -0.1) is 0 Å². The van der Waals surface area contributed by atoms with Crippen molar-refractivity contribution in [2.45, 2.75) is 13.8 Å². The Hall–Kier alpha value is -2.43. The Bertz CT molecular complexity index is 832. The molecule has 0 radical (unpaired) electrons. The number of halogens is 1. The SMILES string of the molecule is Cc1cc(=O)n2[nH]c(C)c(-c3ccccc3F)c2n1. The molecular formula is C14H12FN3O. The summed E-state index contributed by atoms with van der Waals surface area (Å²) in [5.74, 6) is -0.331. The van der Waals surface area contributed by atoms with Gasteiger partial charge in [0.25, 0.3) is 5.56 Å². The van der Waals surface area contributed by atoms with E-state index in [0.717, 1.165) is 0 Å². The van der Waals surface area contributed by atoms with Crippen LogP contribution < -0.4 is 5.56 Å². The molecule has 3 rings (SSSR count). The molecule has 0 fully saturated rings. The van der Waals surface area contributed by atoms with Gasteiger partial charge in [-0.1, -0.05) is 18.2 Å². The zero-order chi connectivity index (χ0) is 13.6. The second kappa shape index (κ2) is 4.05. The molecule has 0 aliphatic rings. The second-order valence-electron chi connectivity index (χ2n) is 4.49. The normalized spacial score (nSPS) is 11.1. The molecule has 0 saturated heterocycles. The molecule has 0 aliphatic carbocycles. The predicted octanol–water partition coefficient (Wildman–Crippen LogP) is 2.45. The number of benzene rings is 1. The number of nitrogens with one attached hydrogen (secondary N) is 1. The first-order chi connectivity index (χ1) is 9.08. The summed E-state index contributed by atoms with van der Waals surface area (Å²) >= 11 is 0. The predicted molar refractivity (Wildman–Crippen MR) is 70.7 cm³/mol. The van der Waals surface area contributed by atoms with Crippen LogP contribution in [0.4, 0.5) is 4.39 Å². The van der Waals surface area contributed by atoms with Crippen LogP contribution in [0, 0.1) is 19.7 Å². The molecule has 4 nitrogen and oxygen atoms in total. The molecule has 3 aromatic rings. The van der Waals surface area contributed by atoms with E-state index in [1.807, 2.05) is 0 Å². The fourth-order valence-corrected chi connectivity index (χ4v) is 2.25.